The van der Waals surface area contributed by atoms with E-state index in [4.69, 9.17) is 5.73 Å². The maximum Gasteiger partial charge on any atom is 0.0176 e. The van der Waals surface area contributed by atoms with Crippen LogP contribution < -0.4 is 5.73 Å². The third-order valence-corrected chi connectivity index (χ3v) is 6.02. The summed E-state index contributed by atoms with van der Waals surface area (Å²) in [5.74, 6) is 2.75. The van der Waals surface area contributed by atoms with Crippen LogP contribution in [0.5, 0.6) is 0 Å². The van der Waals surface area contributed by atoms with Crippen LogP contribution in [0.1, 0.15) is 39.0 Å². The fourth-order valence-corrected chi connectivity index (χ4v) is 4.13. The van der Waals surface area contributed by atoms with E-state index in [0.717, 1.165) is 22.1 Å². The van der Waals surface area contributed by atoms with E-state index in [9.17, 15) is 0 Å². The number of benzene rings is 1. The number of halogens is 1. The molecule has 2 N–H and O–H groups in total. The molecule has 0 heterocycles. The van der Waals surface area contributed by atoms with Crippen molar-refractivity contribution in [2.24, 2.45) is 17.6 Å². The van der Waals surface area contributed by atoms with Crippen molar-refractivity contribution >= 4 is 27.7 Å². The van der Waals surface area contributed by atoms with E-state index in [1.807, 2.05) is 11.8 Å². The molecule has 106 valence electrons. The standard InChI is InChI=1S/C16H24BrNS/c1-2-12-3-5-13(6-4-12)16(18)11-19-15-9-7-14(17)8-10-15/h7-10,12-13,16H,2-6,11,18H2,1H3. The smallest absolute Gasteiger partial charge is 0.0176 e. The summed E-state index contributed by atoms with van der Waals surface area (Å²) in [6.07, 6.45) is 6.78. The Morgan fingerprint density at radius 1 is 1.21 bits per heavy atom. The normalized spacial score (nSPS) is 25.2. The molecule has 2 rings (SSSR count). The molecule has 1 fully saturated rings. The molecule has 1 atom stereocenters. The van der Waals surface area contributed by atoms with Crippen molar-refractivity contribution in [3.05, 3.63) is 28.7 Å². The van der Waals surface area contributed by atoms with Crippen LogP contribution in [-0.4, -0.2) is 11.8 Å². The molecule has 0 bridgehead atoms. The van der Waals surface area contributed by atoms with E-state index in [0.29, 0.717) is 6.04 Å². The van der Waals surface area contributed by atoms with Crippen molar-refractivity contribution in [2.75, 3.05) is 5.75 Å². The molecule has 3 heteroatoms. The van der Waals surface area contributed by atoms with Crippen molar-refractivity contribution in [3.63, 3.8) is 0 Å². The van der Waals surface area contributed by atoms with Crippen LogP contribution in [0.15, 0.2) is 33.6 Å². The average molecular weight is 342 g/mol. The number of rotatable bonds is 5. The molecule has 1 aromatic carbocycles. The number of hydrogen-bond acceptors (Lipinski definition) is 2. The van der Waals surface area contributed by atoms with Gasteiger partial charge in [0, 0.05) is 21.2 Å². The molecule has 0 spiro atoms. The maximum absolute atomic E-state index is 6.38. The summed E-state index contributed by atoms with van der Waals surface area (Å²) in [5.41, 5.74) is 6.38. The van der Waals surface area contributed by atoms with Gasteiger partial charge in [-0.2, -0.15) is 0 Å². The van der Waals surface area contributed by atoms with Crippen LogP contribution in [0.25, 0.3) is 0 Å². The fraction of sp³-hybridized carbons (Fsp3) is 0.625. The Kier molecular flexibility index (Phi) is 6.24. The molecule has 0 aromatic heterocycles. The molecule has 1 aliphatic rings. The van der Waals surface area contributed by atoms with Gasteiger partial charge in [-0.05, 0) is 48.9 Å². The molecule has 1 aliphatic carbocycles. The van der Waals surface area contributed by atoms with Crippen molar-refractivity contribution in [3.8, 4) is 0 Å². The van der Waals surface area contributed by atoms with Crippen molar-refractivity contribution in [1.29, 1.82) is 0 Å². The lowest BCUT2D eigenvalue weighted by molar-refractivity contribution is 0.247. The first kappa shape index (κ1) is 15.4. The Morgan fingerprint density at radius 2 is 1.84 bits per heavy atom. The molecular weight excluding hydrogens is 318 g/mol. The van der Waals surface area contributed by atoms with Crippen molar-refractivity contribution in [1.82, 2.24) is 0 Å². The second-order valence-electron chi connectivity index (χ2n) is 5.62. The molecule has 0 aliphatic heterocycles. The van der Waals surface area contributed by atoms with Gasteiger partial charge in [-0.25, -0.2) is 0 Å². The van der Waals surface area contributed by atoms with E-state index < -0.39 is 0 Å². The highest BCUT2D eigenvalue weighted by molar-refractivity contribution is 9.10. The topological polar surface area (TPSA) is 26.0 Å². The van der Waals surface area contributed by atoms with Gasteiger partial charge >= 0.3 is 0 Å². The molecule has 1 aromatic rings. The minimum absolute atomic E-state index is 0.353. The third kappa shape index (κ3) is 4.80. The van der Waals surface area contributed by atoms with Gasteiger partial charge < -0.3 is 5.73 Å². The van der Waals surface area contributed by atoms with Crippen LogP contribution in [-0.2, 0) is 0 Å². The summed E-state index contributed by atoms with van der Waals surface area (Å²) >= 11 is 5.36. The first-order valence-electron chi connectivity index (χ1n) is 7.33. The van der Waals surface area contributed by atoms with Crippen LogP contribution >= 0.6 is 27.7 Å². The second-order valence-corrected chi connectivity index (χ2v) is 7.63. The van der Waals surface area contributed by atoms with Crippen LogP contribution in [0.2, 0.25) is 0 Å². The predicted octanol–water partition coefficient (Wildman–Crippen LogP) is 5.08. The zero-order valence-corrected chi connectivity index (χ0v) is 14.1. The zero-order valence-electron chi connectivity index (χ0n) is 11.6. The molecule has 0 saturated heterocycles. The highest BCUT2D eigenvalue weighted by atomic mass is 79.9. The SMILES string of the molecule is CCC1CCC(C(N)CSc2ccc(Br)cc2)CC1. The quantitative estimate of drug-likeness (QED) is 0.755. The van der Waals surface area contributed by atoms with Gasteiger partial charge in [-0.15, -0.1) is 11.8 Å². The van der Waals surface area contributed by atoms with Crippen molar-refractivity contribution in [2.45, 2.75) is 50.0 Å². The largest absolute Gasteiger partial charge is 0.327 e. The van der Waals surface area contributed by atoms with E-state index in [1.54, 1.807) is 0 Å². The lowest BCUT2D eigenvalue weighted by Gasteiger charge is -2.31. The molecule has 1 unspecified atom stereocenters. The fourth-order valence-electron chi connectivity index (χ4n) is 2.88. The average Bonchev–Trinajstić information content (AvgIpc) is 2.46. The monoisotopic (exact) mass is 341 g/mol. The molecule has 1 saturated carbocycles. The minimum atomic E-state index is 0.353. The summed E-state index contributed by atoms with van der Waals surface area (Å²) in [7, 11) is 0. The van der Waals surface area contributed by atoms with Crippen LogP contribution in [0, 0.1) is 11.8 Å². The van der Waals surface area contributed by atoms with Crippen LogP contribution in [0.3, 0.4) is 0 Å². The first-order valence-corrected chi connectivity index (χ1v) is 9.11. The lowest BCUT2D eigenvalue weighted by atomic mass is 9.78. The summed E-state index contributed by atoms with van der Waals surface area (Å²) in [6.45, 7) is 2.31. The molecule has 19 heavy (non-hydrogen) atoms. The Morgan fingerprint density at radius 3 is 2.42 bits per heavy atom. The molecular formula is C16H24BrNS. The first-order chi connectivity index (χ1) is 9.19. The molecule has 0 amide bonds. The highest BCUT2D eigenvalue weighted by Crippen LogP contribution is 2.33. The van der Waals surface area contributed by atoms with Gasteiger partial charge in [0.15, 0.2) is 0 Å². The number of hydrogen-bond donors (Lipinski definition) is 1. The molecule has 0 radical (unpaired) electrons. The second kappa shape index (κ2) is 7.70. The molecule has 1 nitrogen and oxygen atoms in total. The Hall–Kier alpha value is 0.01000. The highest BCUT2D eigenvalue weighted by Gasteiger charge is 2.24. The summed E-state index contributed by atoms with van der Waals surface area (Å²) in [6, 6.07) is 8.87. The number of thioether (sulfide) groups is 1. The van der Waals surface area contributed by atoms with Gasteiger partial charge in [0.2, 0.25) is 0 Å². The van der Waals surface area contributed by atoms with Gasteiger partial charge in [0.25, 0.3) is 0 Å². The van der Waals surface area contributed by atoms with E-state index >= 15 is 0 Å². The lowest BCUT2D eigenvalue weighted by Crippen LogP contribution is -2.35. The third-order valence-electron chi connectivity index (χ3n) is 4.33. The van der Waals surface area contributed by atoms with Crippen molar-refractivity contribution < 1.29 is 0 Å². The van der Waals surface area contributed by atoms with E-state index in [1.165, 1.54) is 37.0 Å². The zero-order chi connectivity index (χ0) is 13.7. The maximum atomic E-state index is 6.38. The summed E-state index contributed by atoms with van der Waals surface area (Å²) in [5, 5.41) is 0. The van der Waals surface area contributed by atoms with E-state index in [2.05, 4.69) is 47.1 Å². The van der Waals surface area contributed by atoms with Gasteiger partial charge in [0.05, 0.1) is 0 Å². The van der Waals surface area contributed by atoms with Crippen LogP contribution in [0.4, 0.5) is 0 Å². The summed E-state index contributed by atoms with van der Waals surface area (Å²) < 4.78 is 1.14. The summed E-state index contributed by atoms with van der Waals surface area (Å²) in [4.78, 5) is 1.32. The number of nitrogens with two attached hydrogens (primary N) is 1. The van der Waals surface area contributed by atoms with Gasteiger partial charge in [-0.3, -0.25) is 0 Å². The Balaban J connectivity index is 1.75. The Bertz CT molecular complexity index is 371. The minimum Gasteiger partial charge on any atom is -0.327 e. The van der Waals surface area contributed by atoms with Gasteiger partial charge in [-0.1, -0.05) is 42.1 Å². The van der Waals surface area contributed by atoms with Gasteiger partial charge in [0.1, 0.15) is 0 Å². The van der Waals surface area contributed by atoms with E-state index in [-0.39, 0.29) is 0 Å². The predicted molar refractivity (Wildman–Crippen MR) is 88.6 cm³/mol. The Labute approximate surface area is 129 Å².